The highest BCUT2D eigenvalue weighted by Gasteiger charge is 2.48. The number of hydrogen-bond donors (Lipinski definition) is 2. The molecule has 0 saturated carbocycles. The molecule has 6 nitrogen and oxygen atoms in total. The van der Waals surface area contributed by atoms with E-state index in [0.717, 1.165) is 19.5 Å². The van der Waals surface area contributed by atoms with Gasteiger partial charge < -0.3 is 20.4 Å². The first-order chi connectivity index (χ1) is 9.22. The van der Waals surface area contributed by atoms with Crippen LogP contribution in [0.2, 0.25) is 0 Å². The number of nitrogens with zero attached hydrogens (tertiary/aromatic N) is 2. The Morgan fingerprint density at radius 2 is 2.05 bits per heavy atom. The molecule has 1 atom stereocenters. The molecule has 1 heterocycles. The van der Waals surface area contributed by atoms with E-state index in [9.17, 15) is 0 Å². The Hall–Kier alpha value is -0.850. The summed E-state index contributed by atoms with van der Waals surface area (Å²) in [5.74, 6) is 0.253. The summed E-state index contributed by atoms with van der Waals surface area (Å²) in [5, 5.41) is 11.7. The van der Waals surface area contributed by atoms with Crippen molar-refractivity contribution in [3.63, 3.8) is 0 Å². The van der Waals surface area contributed by atoms with Crippen LogP contribution in [0.15, 0.2) is 5.16 Å². The van der Waals surface area contributed by atoms with E-state index in [2.05, 4.69) is 37.8 Å². The third-order valence-corrected chi connectivity index (χ3v) is 3.83. The minimum atomic E-state index is -0.220. The second-order valence-electron chi connectivity index (χ2n) is 6.56. The molecular formula is C14H29N3O3. The highest BCUT2D eigenvalue weighted by Crippen LogP contribution is 2.40. The molecule has 118 valence electrons. The molecular weight excluding hydrogens is 258 g/mol. The predicted octanol–water partition coefficient (Wildman–Crippen LogP) is 1.42. The van der Waals surface area contributed by atoms with E-state index in [-0.39, 0.29) is 17.0 Å². The van der Waals surface area contributed by atoms with Gasteiger partial charge in [-0.3, -0.25) is 4.90 Å². The Balaban J connectivity index is 2.76. The first-order valence-electron chi connectivity index (χ1n) is 7.11. The van der Waals surface area contributed by atoms with Gasteiger partial charge in [0.25, 0.3) is 0 Å². The number of ether oxygens (including phenoxy) is 2. The van der Waals surface area contributed by atoms with Crippen molar-refractivity contribution in [2.75, 3.05) is 26.8 Å². The minimum absolute atomic E-state index is 0.129. The summed E-state index contributed by atoms with van der Waals surface area (Å²) in [6.45, 7) is 10.7. The summed E-state index contributed by atoms with van der Waals surface area (Å²) in [6, 6.07) is 0.291. The van der Waals surface area contributed by atoms with Gasteiger partial charge in [0.2, 0.25) is 0 Å². The van der Waals surface area contributed by atoms with Gasteiger partial charge in [-0.1, -0.05) is 5.16 Å². The van der Waals surface area contributed by atoms with Gasteiger partial charge in [0.05, 0.1) is 17.8 Å². The Bertz CT molecular complexity index is 343. The van der Waals surface area contributed by atoms with E-state index >= 15 is 0 Å². The van der Waals surface area contributed by atoms with Gasteiger partial charge in [0.15, 0.2) is 0 Å². The first-order valence-corrected chi connectivity index (χ1v) is 7.11. The number of rotatable bonds is 7. The van der Waals surface area contributed by atoms with E-state index in [1.165, 1.54) is 0 Å². The lowest BCUT2D eigenvalue weighted by atomic mass is 9.92. The third-order valence-electron chi connectivity index (χ3n) is 3.83. The van der Waals surface area contributed by atoms with E-state index in [1.54, 1.807) is 7.11 Å². The van der Waals surface area contributed by atoms with Crippen LogP contribution in [-0.2, 0) is 9.47 Å². The predicted molar refractivity (Wildman–Crippen MR) is 79.1 cm³/mol. The zero-order valence-electron chi connectivity index (χ0n) is 13.3. The van der Waals surface area contributed by atoms with E-state index in [0.29, 0.717) is 19.1 Å². The van der Waals surface area contributed by atoms with Crippen molar-refractivity contribution in [2.24, 2.45) is 10.9 Å². The summed E-state index contributed by atoms with van der Waals surface area (Å²) in [4.78, 5) is 2.32. The van der Waals surface area contributed by atoms with Crippen molar-refractivity contribution in [3.05, 3.63) is 0 Å². The lowest BCUT2D eigenvalue weighted by Gasteiger charge is -2.36. The monoisotopic (exact) mass is 287 g/mol. The smallest absolute Gasteiger partial charge is 0.140 e. The second kappa shape index (κ2) is 6.74. The fourth-order valence-electron chi connectivity index (χ4n) is 3.04. The van der Waals surface area contributed by atoms with Crippen molar-refractivity contribution in [1.29, 1.82) is 0 Å². The Morgan fingerprint density at radius 3 is 2.50 bits per heavy atom. The molecule has 0 spiro atoms. The van der Waals surface area contributed by atoms with Crippen molar-refractivity contribution >= 4 is 5.84 Å². The average Bonchev–Trinajstić information content (AvgIpc) is 2.57. The number of oxime groups is 1. The number of nitrogens with two attached hydrogens (primary N) is 1. The maximum Gasteiger partial charge on any atom is 0.140 e. The molecule has 3 N–H and O–H groups in total. The molecule has 0 bridgehead atoms. The van der Waals surface area contributed by atoms with Crippen LogP contribution in [0.5, 0.6) is 0 Å². The number of hydrogen-bond acceptors (Lipinski definition) is 5. The fraction of sp³-hybridized carbons (Fsp3) is 0.929. The van der Waals surface area contributed by atoms with Gasteiger partial charge >= 0.3 is 0 Å². The summed E-state index contributed by atoms with van der Waals surface area (Å²) in [6.07, 6.45) is 1.49. The molecule has 1 unspecified atom stereocenters. The highest BCUT2D eigenvalue weighted by molar-refractivity contribution is 5.79. The molecule has 1 aliphatic rings. The van der Waals surface area contributed by atoms with Crippen molar-refractivity contribution < 1.29 is 14.7 Å². The minimum Gasteiger partial charge on any atom is -0.409 e. The molecule has 1 fully saturated rings. The normalized spacial score (nSPS) is 25.3. The third kappa shape index (κ3) is 4.61. The van der Waals surface area contributed by atoms with Crippen LogP contribution in [0, 0.1) is 0 Å². The number of amidine groups is 1. The molecule has 0 aromatic carbocycles. The summed E-state index contributed by atoms with van der Waals surface area (Å²) < 4.78 is 11.3. The van der Waals surface area contributed by atoms with E-state index < -0.39 is 0 Å². The van der Waals surface area contributed by atoms with Gasteiger partial charge in [-0.05, 0) is 34.1 Å². The largest absolute Gasteiger partial charge is 0.409 e. The van der Waals surface area contributed by atoms with E-state index in [4.69, 9.17) is 20.4 Å². The highest BCUT2D eigenvalue weighted by atomic mass is 16.5. The van der Waals surface area contributed by atoms with Gasteiger partial charge in [0.1, 0.15) is 5.84 Å². The molecule has 0 aliphatic carbocycles. The summed E-state index contributed by atoms with van der Waals surface area (Å²) in [7, 11) is 1.70. The Morgan fingerprint density at radius 1 is 1.40 bits per heavy atom. The van der Waals surface area contributed by atoms with E-state index in [1.807, 2.05) is 0 Å². The maximum atomic E-state index is 8.67. The molecule has 0 aromatic rings. The summed E-state index contributed by atoms with van der Waals surface area (Å²) in [5.41, 5.74) is 5.23. The lowest BCUT2D eigenvalue weighted by molar-refractivity contribution is -0.0814. The van der Waals surface area contributed by atoms with Crippen LogP contribution in [0.4, 0.5) is 0 Å². The quantitative estimate of drug-likeness (QED) is 0.320. The zero-order valence-corrected chi connectivity index (χ0v) is 13.3. The van der Waals surface area contributed by atoms with Gasteiger partial charge in [-0.15, -0.1) is 0 Å². The van der Waals surface area contributed by atoms with Crippen LogP contribution in [-0.4, -0.2) is 60.0 Å². The van der Waals surface area contributed by atoms with Crippen LogP contribution in [0.3, 0.4) is 0 Å². The van der Waals surface area contributed by atoms with Crippen molar-refractivity contribution in [2.45, 2.75) is 57.8 Å². The fourth-order valence-corrected chi connectivity index (χ4v) is 3.04. The zero-order chi connectivity index (χ0) is 15.4. The second-order valence-corrected chi connectivity index (χ2v) is 6.56. The molecule has 1 rings (SSSR count). The van der Waals surface area contributed by atoms with Gasteiger partial charge in [-0.25, -0.2) is 0 Å². The van der Waals surface area contributed by atoms with Crippen LogP contribution in [0.25, 0.3) is 0 Å². The molecule has 6 heteroatoms. The van der Waals surface area contributed by atoms with Crippen molar-refractivity contribution in [1.82, 2.24) is 4.90 Å². The summed E-state index contributed by atoms with van der Waals surface area (Å²) >= 11 is 0. The average molecular weight is 287 g/mol. The van der Waals surface area contributed by atoms with Crippen molar-refractivity contribution in [3.8, 4) is 0 Å². The van der Waals surface area contributed by atoms with Crippen LogP contribution in [0.1, 0.15) is 40.5 Å². The molecule has 0 aromatic heterocycles. The van der Waals surface area contributed by atoms with Gasteiger partial charge in [-0.2, -0.15) is 0 Å². The lowest BCUT2D eigenvalue weighted by Crippen LogP contribution is -2.48. The molecule has 0 amide bonds. The Kier molecular flexibility index (Phi) is 5.79. The maximum absolute atomic E-state index is 8.67. The topological polar surface area (TPSA) is 80.3 Å². The number of methoxy groups -OCH3 is 1. The standard InChI is InChI=1S/C14H29N3O3/c1-13(2)10-11(14(3,4)20-13)17(8-9-19-5)7-6-12(15)16-18/h11,18H,6-10H2,1-5H3,(H2,15,16). The molecule has 1 saturated heterocycles. The van der Waals surface area contributed by atoms with Crippen LogP contribution < -0.4 is 5.73 Å². The SMILES string of the molecule is COCCN(CCC(N)=NO)C1CC(C)(C)OC1(C)C. The van der Waals surface area contributed by atoms with Crippen LogP contribution >= 0.6 is 0 Å². The molecule has 1 aliphatic heterocycles. The molecule has 20 heavy (non-hydrogen) atoms. The first kappa shape index (κ1) is 17.2. The Labute approximate surface area is 121 Å². The van der Waals surface area contributed by atoms with Gasteiger partial charge in [0, 0.05) is 32.7 Å². The molecule has 0 radical (unpaired) electrons.